The highest BCUT2D eigenvalue weighted by atomic mass is 16.5. The molecule has 0 aliphatic carbocycles. The number of nitrogens with zero attached hydrogens (tertiary/aromatic N) is 1. The highest BCUT2D eigenvalue weighted by molar-refractivity contribution is 5.48. The topological polar surface area (TPSA) is 24.5 Å². The summed E-state index contributed by atoms with van der Waals surface area (Å²) >= 11 is 0. The number of nitrogens with one attached hydrogen (secondary N) is 1. The number of likely N-dealkylation sites (N-methyl/N-ethyl adjacent to an activating group) is 1. The first-order chi connectivity index (χ1) is 8.22. The van der Waals surface area contributed by atoms with Crippen LogP contribution in [0.15, 0.2) is 24.3 Å². The van der Waals surface area contributed by atoms with Crippen molar-refractivity contribution in [2.75, 3.05) is 25.6 Å². The van der Waals surface area contributed by atoms with Gasteiger partial charge >= 0.3 is 0 Å². The van der Waals surface area contributed by atoms with E-state index in [1.54, 1.807) is 0 Å². The van der Waals surface area contributed by atoms with E-state index in [-0.39, 0.29) is 0 Å². The number of hydrogen-bond donors (Lipinski definition) is 1. The molecule has 3 heteroatoms. The van der Waals surface area contributed by atoms with Crippen LogP contribution in [0.25, 0.3) is 0 Å². The Bertz CT molecular complexity index is 350. The lowest BCUT2D eigenvalue weighted by Crippen LogP contribution is -2.36. The maximum absolute atomic E-state index is 5.62. The molecular formula is C14H22N2O. The molecule has 1 aromatic carbocycles. The summed E-state index contributed by atoms with van der Waals surface area (Å²) in [7, 11) is 4.13. The Morgan fingerprint density at radius 2 is 2.06 bits per heavy atom. The summed E-state index contributed by atoms with van der Waals surface area (Å²) in [6.45, 7) is 3.96. The van der Waals surface area contributed by atoms with Gasteiger partial charge in [-0.1, -0.05) is 12.1 Å². The van der Waals surface area contributed by atoms with Crippen LogP contribution < -0.4 is 10.2 Å². The van der Waals surface area contributed by atoms with Crippen LogP contribution in [0.5, 0.6) is 0 Å². The summed E-state index contributed by atoms with van der Waals surface area (Å²) in [5, 5.41) is 3.16. The molecule has 1 aliphatic rings. The Balaban J connectivity index is 2.05. The van der Waals surface area contributed by atoms with Gasteiger partial charge in [-0.2, -0.15) is 0 Å². The second kappa shape index (κ2) is 5.52. The van der Waals surface area contributed by atoms with Gasteiger partial charge in [-0.25, -0.2) is 0 Å². The quantitative estimate of drug-likeness (QED) is 0.862. The van der Waals surface area contributed by atoms with Gasteiger partial charge in [0.05, 0.1) is 12.1 Å². The summed E-state index contributed by atoms with van der Waals surface area (Å²) in [6, 6.07) is 9.26. The lowest BCUT2D eigenvalue weighted by molar-refractivity contribution is 0.118. The highest BCUT2D eigenvalue weighted by Crippen LogP contribution is 2.24. The van der Waals surface area contributed by atoms with Gasteiger partial charge in [0.25, 0.3) is 0 Å². The fourth-order valence-corrected chi connectivity index (χ4v) is 2.47. The molecule has 0 bridgehead atoms. The molecule has 1 aromatic rings. The summed E-state index contributed by atoms with van der Waals surface area (Å²) in [5.74, 6) is 0. The van der Waals surface area contributed by atoms with E-state index in [0.29, 0.717) is 12.1 Å². The minimum Gasteiger partial charge on any atom is -0.376 e. The van der Waals surface area contributed by atoms with E-state index in [2.05, 4.69) is 48.5 Å². The second-order valence-electron chi connectivity index (χ2n) is 4.74. The van der Waals surface area contributed by atoms with Crippen LogP contribution >= 0.6 is 0 Å². The van der Waals surface area contributed by atoms with E-state index in [1.165, 1.54) is 11.3 Å². The van der Waals surface area contributed by atoms with Gasteiger partial charge < -0.3 is 15.0 Å². The predicted molar refractivity (Wildman–Crippen MR) is 71.4 cm³/mol. The molecule has 1 aliphatic heterocycles. The van der Waals surface area contributed by atoms with Crippen molar-refractivity contribution >= 4 is 5.69 Å². The maximum Gasteiger partial charge on any atom is 0.0750 e. The fourth-order valence-electron chi connectivity index (χ4n) is 2.47. The van der Waals surface area contributed by atoms with E-state index in [9.17, 15) is 0 Å². The molecule has 2 unspecified atom stereocenters. The molecule has 0 aromatic heterocycles. The van der Waals surface area contributed by atoms with Gasteiger partial charge in [-0.05, 0) is 38.1 Å². The van der Waals surface area contributed by atoms with Crippen LogP contribution in [0, 0.1) is 0 Å². The van der Waals surface area contributed by atoms with Gasteiger partial charge in [0.15, 0.2) is 0 Å². The van der Waals surface area contributed by atoms with Crippen molar-refractivity contribution in [3.63, 3.8) is 0 Å². The average Bonchev–Trinajstić information content (AvgIpc) is 2.76. The smallest absolute Gasteiger partial charge is 0.0750 e. The third-order valence-electron chi connectivity index (χ3n) is 3.56. The largest absolute Gasteiger partial charge is 0.376 e. The molecule has 2 atom stereocenters. The Morgan fingerprint density at radius 1 is 1.35 bits per heavy atom. The zero-order valence-electron chi connectivity index (χ0n) is 10.9. The third kappa shape index (κ3) is 2.79. The van der Waals surface area contributed by atoms with Gasteiger partial charge in [0.2, 0.25) is 0 Å². The van der Waals surface area contributed by atoms with E-state index in [4.69, 9.17) is 4.74 Å². The summed E-state index contributed by atoms with van der Waals surface area (Å²) in [6.07, 6.45) is 1.45. The Morgan fingerprint density at radius 3 is 2.59 bits per heavy atom. The number of ether oxygens (including phenoxy) is 1. The van der Waals surface area contributed by atoms with E-state index >= 15 is 0 Å². The van der Waals surface area contributed by atoms with Crippen LogP contribution in [0.4, 0.5) is 5.69 Å². The first kappa shape index (κ1) is 12.4. The van der Waals surface area contributed by atoms with Crippen LogP contribution in [0.1, 0.15) is 18.9 Å². The Labute approximate surface area is 104 Å². The predicted octanol–water partition coefficient (Wildman–Crippen LogP) is 2.02. The number of rotatable bonds is 4. The lowest BCUT2D eigenvalue weighted by Gasteiger charge is -2.28. The zero-order valence-corrected chi connectivity index (χ0v) is 10.9. The Kier molecular flexibility index (Phi) is 4.02. The van der Waals surface area contributed by atoms with Gasteiger partial charge in [0, 0.05) is 25.9 Å². The third-order valence-corrected chi connectivity index (χ3v) is 3.56. The molecule has 17 heavy (non-hydrogen) atoms. The lowest BCUT2D eigenvalue weighted by atomic mass is 10.1. The normalized spacial score (nSPS) is 23.9. The fraction of sp³-hybridized carbons (Fsp3) is 0.571. The number of anilines is 1. The van der Waals surface area contributed by atoms with E-state index < -0.39 is 0 Å². The van der Waals surface area contributed by atoms with Crippen molar-refractivity contribution in [1.29, 1.82) is 0 Å². The monoisotopic (exact) mass is 234 g/mol. The minimum absolute atomic E-state index is 0.331. The first-order valence-electron chi connectivity index (χ1n) is 6.30. The SMILES string of the molecule is CNCc1ccc(N(C)C2CCOC2C)cc1. The molecule has 0 amide bonds. The van der Waals surface area contributed by atoms with Crippen molar-refractivity contribution < 1.29 is 4.74 Å². The molecule has 0 saturated carbocycles. The molecule has 0 radical (unpaired) electrons. The van der Waals surface area contributed by atoms with Gasteiger partial charge in [0.1, 0.15) is 0 Å². The summed E-state index contributed by atoms with van der Waals surface area (Å²) in [5.41, 5.74) is 2.59. The minimum atomic E-state index is 0.331. The molecule has 0 spiro atoms. The van der Waals surface area contributed by atoms with E-state index in [0.717, 1.165) is 19.6 Å². The number of hydrogen-bond acceptors (Lipinski definition) is 3. The van der Waals surface area contributed by atoms with Crippen molar-refractivity contribution in [2.24, 2.45) is 0 Å². The average molecular weight is 234 g/mol. The van der Waals surface area contributed by atoms with Crippen molar-refractivity contribution in [3.05, 3.63) is 29.8 Å². The Hall–Kier alpha value is -1.06. The van der Waals surface area contributed by atoms with Crippen molar-refractivity contribution in [1.82, 2.24) is 5.32 Å². The number of benzene rings is 1. The molecule has 1 saturated heterocycles. The highest BCUT2D eigenvalue weighted by Gasteiger charge is 2.27. The van der Waals surface area contributed by atoms with Gasteiger partial charge in [-0.3, -0.25) is 0 Å². The molecule has 2 rings (SSSR count). The zero-order chi connectivity index (χ0) is 12.3. The van der Waals surface area contributed by atoms with Crippen LogP contribution in [-0.2, 0) is 11.3 Å². The maximum atomic E-state index is 5.62. The molecular weight excluding hydrogens is 212 g/mol. The molecule has 94 valence electrons. The van der Waals surface area contributed by atoms with Crippen LogP contribution in [0.3, 0.4) is 0 Å². The van der Waals surface area contributed by atoms with E-state index in [1.807, 2.05) is 7.05 Å². The first-order valence-corrected chi connectivity index (χ1v) is 6.30. The van der Waals surface area contributed by atoms with Crippen LogP contribution in [0.2, 0.25) is 0 Å². The van der Waals surface area contributed by atoms with Crippen LogP contribution in [-0.4, -0.2) is 32.8 Å². The second-order valence-corrected chi connectivity index (χ2v) is 4.74. The molecule has 1 N–H and O–H groups in total. The summed E-state index contributed by atoms with van der Waals surface area (Å²) < 4.78 is 5.62. The molecule has 3 nitrogen and oxygen atoms in total. The van der Waals surface area contributed by atoms with Gasteiger partial charge in [-0.15, -0.1) is 0 Å². The summed E-state index contributed by atoms with van der Waals surface area (Å²) in [4.78, 5) is 2.33. The molecule has 1 fully saturated rings. The van der Waals surface area contributed by atoms with Crippen molar-refractivity contribution in [2.45, 2.75) is 32.0 Å². The molecule has 1 heterocycles. The standard InChI is InChI=1S/C14H22N2O/c1-11-14(8-9-17-11)16(3)13-6-4-12(5-7-13)10-15-2/h4-7,11,14-15H,8-10H2,1-3H3. The van der Waals surface area contributed by atoms with Crippen molar-refractivity contribution in [3.8, 4) is 0 Å².